The number of aromatic nitrogens is 2. The van der Waals surface area contributed by atoms with Crippen LogP contribution in [0.4, 0.5) is 0 Å². The van der Waals surface area contributed by atoms with Gasteiger partial charge in [0.1, 0.15) is 5.82 Å². The highest BCUT2D eigenvalue weighted by molar-refractivity contribution is 5.83. The first-order chi connectivity index (χ1) is 15.4. The van der Waals surface area contributed by atoms with Crippen LogP contribution in [-0.4, -0.2) is 45.8 Å². The van der Waals surface area contributed by atoms with Gasteiger partial charge in [0.2, 0.25) is 11.8 Å². The smallest absolute Gasteiger partial charge is 0.229 e. The average Bonchev–Trinajstić information content (AvgIpc) is 3.48. The SMILES string of the molecule is Cc1nc([C@H]2CCN(C(=O)[C@H](C)c3ccccc3)C2)nc(C)c1CC(=O)NC1CCCC1. The van der Waals surface area contributed by atoms with Crippen LogP contribution in [0.3, 0.4) is 0 Å². The minimum absolute atomic E-state index is 0.0620. The number of aryl methyl sites for hydroxylation is 2. The topological polar surface area (TPSA) is 75.2 Å². The van der Waals surface area contributed by atoms with Crippen LogP contribution in [0.5, 0.6) is 0 Å². The first-order valence-corrected chi connectivity index (χ1v) is 11.9. The Bertz CT molecular complexity index is 946. The van der Waals surface area contributed by atoms with E-state index in [-0.39, 0.29) is 23.7 Å². The Hall–Kier alpha value is -2.76. The normalized spacial score (nSPS) is 19.8. The maximum Gasteiger partial charge on any atom is 0.229 e. The lowest BCUT2D eigenvalue weighted by atomic mass is 10.00. The van der Waals surface area contributed by atoms with E-state index in [1.165, 1.54) is 12.8 Å². The van der Waals surface area contributed by atoms with Gasteiger partial charge in [-0.3, -0.25) is 9.59 Å². The van der Waals surface area contributed by atoms with Gasteiger partial charge in [-0.2, -0.15) is 0 Å². The molecule has 2 atom stereocenters. The molecule has 2 aliphatic rings. The number of benzene rings is 1. The second-order valence-electron chi connectivity index (χ2n) is 9.36. The van der Waals surface area contributed by atoms with Crippen LogP contribution < -0.4 is 5.32 Å². The van der Waals surface area contributed by atoms with Crippen molar-refractivity contribution in [2.75, 3.05) is 13.1 Å². The molecule has 2 heterocycles. The van der Waals surface area contributed by atoms with Gasteiger partial charge in [-0.15, -0.1) is 0 Å². The van der Waals surface area contributed by atoms with E-state index < -0.39 is 0 Å². The summed E-state index contributed by atoms with van der Waals surface area (Å²) in [6.07, 6.45) is 5.77. The van der Waals surface area contributed by atoms with Gasteiger partial charge in [0.25, 0.3) is 0 Å². The highest BCUT2D eigenvalue weighted by Gasteiger charge is 2.32. The fraction of sp³-hybridized carbons (Fsp3) is 0.538. The largest absolute Gasteiger partial charge is 0.353 e. The van der Waals surface area contributed by atoms with Crippen LogP contribution in [0.2, 0.25) is 0 Å². The summed E-state index contributed by atoms with van der Waals surface area (Å²) in [6, 6.07) is 10.3. The second kappa shape index (κ2) is 9.80. The van der Waals surface area contributed by atoms with Crippen LogP contribution in [0.1, 0.15) is 79.2 Å². The lowest BCUT2D eigenvalue weighted by molar-refractivity contribution is -0.131. The van der Waals surface area contributed by atoms with E-state index in [0.717, 1.165) is 54.1 Å². The van der Waals surface area contributed by atoms with Gasteiger partial charge in [-0.25, -0.2) is 9.97 Å². The van der Waals surface area contributed by atoms with Gasteiger partial charge in [-0.05, 0) is 45.6 Å². The van der Waals surface area contributed by atoms with E-state index in [2.05, 4.69) is 5.32 Å². The predicted molar refractivity (Wildman–Crippen MR) is 124 cm³/mol. The molecule has 0 unspecified atom stereocenters. The first-order valence-electron chi connectivity index (χ1n) is 11.9. The zero-order chi connectivity index (χ0) is 22.7. The molecule has 1 saturated heterocycles. The molecule has 6 heteroatoms. The molecule has 2 aromatic rings. The van der Waals surface area contributed by atoms with E-state index in [1.54, 1.807) is 0 Å². The van der Waals surface area contributed by atoms with Crippen LogP contribution in [0.25, 0.3) is 0 Å². The van der Waals surface area contributed by atoms with Crippen molar-refractivity contribution in [3.63, 3.8) is 0 Å². The highest BCUT2D eigenvalue weighted by atomic mass is 16.2. The van der Waals surface area contributed by atoms with Crippen LogP contribution in [0, 0.1) is 13.8 Å². The molecular formula is C26H34N4O2. The summed E-state index contributed by atoms with van der Waals surface area (Å²) in [7, 11) is 0. The van der Waals surface area contributed by atoms with Gasteiger partial charge in [0.05, 0.1) is 12.3 Å². The highest BCUT2D eigenvalue weighted by Crippen LogP contribution is 2.29. The Morgan fingerprint density at radius 2 is 1.72 bits per heavy atom. The monoisotopic (exact) mass is 434 g/mol. The number of nitrogens with one attached hydrogen (secondary N) is 1. The fourth-order valence-corrected chi connectivity index (χ4v) is 5.04. The van der Waals surface area contributed by atoms with E-state index >= 15 is 0 Å². The molecule has 0 radical (unpaired) electrons. The lowest BCUT2D eigenvalue weighted by Gasteiger charge is -2.21. The minimum atomic E-state index is -0.153. The van der Waals surface area contributed by atoms with E-state index in [4.69, 9.17) is 9.97 Å². The summed E-state index contributed by atoms with van der Waals surface area (Å²) in [5.41, 5.74) is 3.71. The molecule has 2 fully saturated rings. The van der Waals surface area contributed by atoms with Crippen molar-refractivity contribution in [1.82, 2.24) is 20.2 Å². The Kier molecular flexibility index (Phi) is 6.87. The Morgan fingerprint density at radius 3 is 2.38 bits per heavy atom. The summed E-state index contributed by atoms with van der Waals surface area (Å²) >= 11 is 0. The molecule has 0 bridgehead atoms. The van der Waals surface area contributed by atoms with E-state index in [0.29, 0.717) is 19.0 Å². The van der Waals surface area contributed by atoms with Crippen molar-refractivity contribution < 1.29 is 9.59 Å². The minimum Gasteiger partial charge on any atom is -0.353 e. The number of nitrogens with zero attached hydrogens (tertiary/aromatic N) is 3. The molecule has 0 spiro atoms. The van der Waals surface area contributed by atoms with E-state index in [1.807, 2.05) is 56.0 Å². The summed E-state index contributed by atoms with van der Waals surface area (Å²) in [6.45, 7) is 7.28. The van der Waals surface area contributed by atoms with Crippen molar-refractivity contribution >= 4 is 11.8 Å². The van der Waals surface area contributed by atoms with Crippen LogP contribution in [0.15, 0.2) is 30.3 Å². The predicted octanol–water partition coefficient (Wildman–Crippen LogP) is 3.81. The molecule has 4 rings (SSSR count). The maximum absolute atomic E-state index is 13.0. The Morgan fingerprint density at radius 1 is 1.06 bits per heavy atom. The van der Waals surface area contributed by atoms with Crippen molar-refractivity contribution in [2.24, 2.45) is 0 Å². The van der Waals surface area contributed by atoms with Gasteiger partial charge < -0.3 is 10.2 Å². The molecule has 1 aliphatic heterocycles. The molecule has 6 nitrogen and oxygen atoms in total. The molecular weight excluding hydrogens is 400 g/mol. The zero-order valence-corrected chi connectivity index (χ0v) is 19.4. The number of amides is 2. The number of hydrogen-bond donors (Lipinski definition) is 1. The summed E-state index contributed by atoms with van der Waals surface area (Å²) in [5.74, 6) is 1.00. The Balaban J connectivity index is 1.40. The third-order valence-electron chi connectivity index (χ3n) is 7.03. The number of carbonyl (C=O) groups is 2. The number of rotatable bonds is 6. The molecule has 1 N–H and O–H groups in total. The van der Waals surface area contributed by atoms with Crippen LogP contribution >= 0.6 is 0 Å². The first kappa shape index (κ1) is 22.4. The summed E-state index contributed by atoms with van der Waals surface area (Å²) in [4.78, 5) is 37.0. The molecule has 1 aromatic carbocycles. The van der Waals surface area contributed by atoms with Gasteiger partial charge in [0.15, 0.2) is 0 Å². The quantitative estimate of drug-likeness (QED) is 0.750. The van der Waals surface area contributed by atoms with Crippen molar-refractivity contribution in [1.29, 1.82) is 0 Å². The second-order valence-corrected chi connectivity index (χ2v) is 9.36. The average molecular weight is 435 g/mol. The van der Waals surface area contributed by atoms with Crippen molar-refractivity contribution in [3.8, 4) is 0 Å². The summed E-state index contributed by atoms with van der Waals surface area (Å²) in [5, 5.41) is 3.16. The molecule has 1 aromatic heterocycles. The summed E-state index contributed by atoms with van der Waals surface area (Å²) < 4.78 is 0. The standard InChI is InChI=1S/C26H34N4O2/c1-17(20-9-5-4-6-10-20)26(32)30-14-13-21(16-30)25-27-18(2)23(19(3)28-25)15-24(31)29-22-11-7-8-12-22/h4-6,9-10,17,21-22H,7-8,11-16H2,1-3H3,(H,29,31)/t17-,21+/m1/s1. The Labute approximate surface area is 190 Å². The third kappa shape index (κ3) is 5.00. The van der Waals surface area contributed by atoms with Gasteiger partial charge in [0, 0.05) is 42.0 Å². The molecule has 1 aliphatic carbocycles. The molecule has 170 valence electrons. The molecule has 2 amide bonds. The maximum atomic E-state index is 13.0. The zero-order valence-electron chi connectivity index (χ0n) is 19.4. The number of carbonyl (C=O) groups excluding carboxylic acids is 2. The van der Waals surface area contributed by atoms with Gasteiger partial charge in [-0.1, -0.05) is 43.2 Å². The van der Waals surface area contributed by atoms with E-state index in [9.17, 15) is 9.59 Å². The lowest BCUT2D eigenvalue weighted by Crippen LogP contribution is -2.34. The third-order valence-corrected chi connectivity index (χ3v) is 7.03. The fourth-order valence-electron chi connectivity index (χ4n) is 5.04. The molecule has 32 heavy (non-hydrogen) atoms. The number of likely N-dealkylation sites (tertiary alicyclic amines) is 1. The molecule has 1 saturated carbocycles. The van der Waals surface area contributed by atoms with Crippen LogP contribution in [-0.2, 0) is 16.0 Å². The van der Waals surface area contributed by atoms with Crippen molar-refractivity contribution in [2.45, 2.75) is 77.2 Å². The number of hydrogen-bond acceptors (Lipinski definition) is 4. The van der Waals surface area contributed by atoms with Gasteiger partial charge >= 0.3 is 0 Å². The van der Waals surface area contributed by atoms with Crippen molar-refractivity contribution in [3.05, 3.63) is 58.7 Å².